The molecule has 1 fully saturated rings. The molecule has 0 radical (unpaired) electrons. The largest absolute Gasteiger partial charge is 0.487 e. The van der Waals surface area contributed by atoms with E-state index < -0.39 is 0 Å². The Kier molecular flexibility index (Phi) is 4.29. The van der Waals surface area contributed by atoms with Crippen LogP contribution in [-0.4, -0.2) is 48.1 Å². The molecule has 0 spiro atoms. The van der Waals surface area contributed by atoms with Crippen molar-refractivity contribution in [1.29, 1.82) is 0 Å². The highest BCUT2D eigenvalue weighted by Crippen LogP contribution is 2.38. The minimum atomic E-state index is 0.517. The van der Waals surface area contributed by atoms with E-state index in [1.165, 1.54) is 11.5 Å². The fraction of sp³-hybridized carbons (Fsp3) is 0.750. The van der Waals surface area contributed by atoms with Crippen LogP contribution in [0.3, 0.4) is 0 Å². The first-order valence-corrected chi connectivity index (χ1v) is 7.27. The van der Waals surface area contributed by atoms with Crippen molar-refractivity contribution < 1.29 is 4.74 Å². The highest BCUT2D eigenvalue weighted by atomic mass is 32.1. The van der Waals surface area contributed by atoms with Gasteiger partial charge in [-0.2, -0.15) is 4.37 Å². The Balaban J connectivity index is 2.05. The lowest BCUT2D eigenvalue weighted by Gasteiger charge is -2.37. The third-order valence-corrected chi connectivity index (χ3v) is 4.18. The summed E-state index contributed by atoms with van der Waals surface area (Å²) in [6, 6.07) is 0.616. The van der Waals surface area contributed by atoms with Crippen LogP contribution in [0.5, 0.6) is 5.75 Å². The van der Waals surface area contributed by atoms with Gasteiger partial charge >= 0.3 is 0 Å². The molecule has 0 aliphatic carbocycles. The second-order valence-electron chi connectivity index (χ2n) is 4.75. The van der Waals surface area contributed by atoms with Crippen LogP contribution in [0.15, 0.2) is 0 Å². The van der Waals surface area contributed by atoms with Crippen LogP contribution in [0.25, 0.3) is 0 Å². The average molecular weight is 270 g/mol. The molecule has 6 heteroatoms. The van der Waals surface area contributed by atoms with Crippen molar-refractivity contribution in [2.24, 2.45) is 0 Å². The van der Waals surface area contributed by atoms with E-state index in [4.69, 9.17) is 10.5 Å². The zero-order chi connectivity index (χ0) is 13.1. The molecular formula is C12H22N4OS. The number of ether oxygens (including phenoxy) is 1. The van der Waals surface area contributed by atoms with Gasteiger partial charge in [0, 0.05) is 32.2 Å². The molecule has 0 bridgehead atoms. The normalized spacial score (nSPS) is 17.4. The van der Waals surface area contributed by atoms with E-state index in [-0.39, 0.29) is 0 Å². The number of piperazine rings is 1. The van der Waals surface area contributed by atoms with E-state index in [1.807, 2.05) is 6.92 Å². The molecule has 2 N–H and O–H groups in total. The summed E-state index contributed by atoms with van der Waals surface area (Å²) in [4.78, 5) is 4.82. The zero-order valence-corrected chi connectivity index (χ0v) is 12.2. The van der Waals surface area contributed by atoms with E-state index in [0.717, 1.165) is 36.9 Å². The van der Waals surface area contributed by atoms with Gasteiger partial charge in [-0.15, -0.1) is 0 Å². The summed E-state index contributed by atoms with van der Waals surface area (Å²) >= 11 is 1.44. The molecule has 1 aliphatic heterocycles. The van der Waals surface area contributed by atoms with Crippen LogP contribution in [0.4, 0.5) is 10.8 Å². The lowest BCUT2D eigenvalue weighted by atomic mass is 10.2. The summed E-state index contributed by atoms with van der Waals surface area (Å²) in [5, 5.41) is 1.08. The summed E-state index contributed by atoms with van der Waals surface area (Å²) in [6.45, 7) is 11.3. The quantitative estimate of drug-likeness (QED) is 0.901. The van der Waals surface area contributed by atoms with Gasteiger partial charge in [0.25, 0.3) is 0 Å². The van der Waals surface area contributed by atoms with E-state index in [9.17, 15) is 0 Å². The maximum Gasteiger partial charge on any atom is 0.197 e. The molecule has 1 aliphatic rings. The molecule has 0 amide bonds. The fourth-order valence-electron chi connectivity index (χ4n) is 2.21. The van der Waals surface area contributed by atoms with Gasteiger partial charge in [-0.25, -0.2) is 0 Å². The maximum atomic E-state index is 5.85. The minimum absolute atomic E-state index is 0.517. The maximum absolute atomic E-state index is 5.85. The molecule has 2 heterocycles. The van der Waals surface area contributed by atoms with Gasteiger partial charge in [-0.3, -0.25) is 4.90 Å². The van der Waals surface area contributed by atoms with Crippen LogP contribution < -0.4 is 15.4 Å². The van der Waals surface area contributed by atoms with Crippen molar-refractivity contribution in [2.75, 3.05) is 43.4 Å². The molecule has 102 valence electrons. The first-order chi connectivity index (χ1) is 8.63. The number of hydrogen-bond acceptors (Lipinski definition) is 6. The average Bonchev–Trinajstić information content (AvgIpc) is 2.72. The predicted molar refractivity (Wildman–Crippen MR) is 76.6 cm³/mol. The molecule has 5 nitrogen and oxygen atoms in total. The molecule has 1 aromatic heterocycles. The summed E-state index contributed by atoms with van der Waals surface area (Å²) in [5.41, 5.74) is 5.85. The van der Waals surface area contributed by atoms with Gasteiger partial charge < -0.3 is 15.4 Å². The summed E-state index contributed by atoms with van der Waals surface area (Å²) < 4.78 is 9.81. The number of anilines is 2. The molecule has 0 saturated carbocycles. The van der Waals surface area contributed by atoms with E-state index in [0.29, 0.717) is 18.5 Å². The smallest absolute Gasteiger partial charge is 0.197 e. The third-order valence-electron chi connectivity index (χ3n) is 3.28. The van der Waals surface area contributed by atoms with Crippen molar-refractivity contribution in [3.63, 3.8) is 0 Å². The topological polar surface area (TPSA) is 54.6 Å². The number of aromatic nitrogens is 1. The number of rotatable bonds is 4. The Labute approximate surface area is 113 Å². The molecular weight excluding hydrogens is 248 g/mol. The number of nitrogens with zero attached hydrogens (tertiary/aromatic N) is 3. The Morgan fingerprint density at radius 3 is 2.56 bits per heavy atom. The minimum Gasteiger partial charge on any atom is -0.487 e. The molecule has 0 aromatic carbocycles. The number of nitrogens with two attached hydrogens (primary N) is 1. The Hall–Kier alpha value is -1.01. The van der Waals surface area contributed by atoms with Crippen molar-refractivity contribution in [3.8, 4) is 5.75 Å². The van der Waals surface area contributed by atoms with Gasteiger partial charge in [0.15, 0.2) is 16.6 Å². The molecule has 1 saturated heterocycles. The first kappa shape index (κ1) is 13.4. The molecule has 1 aromatic rings. The van der Waals surface area contributed by atoms with Crippen molar-refractivity contribution in [2.45, 2.75) is 26.8 Å². The van der Waals surface area contributed by atoms with Crippen molar-refractivity contribution >= 4 is 22.4 Å². The molecule has 2 rings (SSSR count). The lowest BCUT2D eigenvalue weighted by molar-refractivity contribution is 0.209. The van der Waals surface area contributed by atoms with Gasteiger partial charge in [-0.05, 0) is 32.3 Å². The number of hydrogen-bond donors (Lipinski definition) is 1. The second kappa shape index (κ2) is 5.75. The van der Waals surface area contributed by atoms with E-state index >= 15 is 0 Å². The Bertz CT molecular complexity index is 385. The fourth-order valence-corrected chi connectivity index (χ4v) is 3.02. The highest BCUT2D eigenvalue weighted by Gasteiger charge is 2.24. The van der Waals surface area contributed by atoms with Gasteiger partial charge in [0.05, 0.1) is 6.61 Å². The van der Waals surface area contributed by atoms with Crippen LogP contribution in [0, 0.1) is 0 Å². The monoisotopic (exact) mass is 270 g/mol. The third kappa shape index (κ3) is 2.70. The van der Waals surface area contributed by atoms with Crippen LogP contribution in [-0.2, 0) is 0 Å². The first-order valence-electron chi connectivity index (χ1n) is 6.50. The van der Waals surface area contributed by atoms with Crippen LogP contribution in [0.1, 0.15) is 20.8 Å². The summed E-state index contributed by atoms with van der Waals surface area (Å²) in [6.07, 6.45) is 0. The Morgan fingerprint density at radius 2 is 2.00 bits per heavy atom. The van der Waals surface area contributed by atoms with E-state index in [1.54, 1.807) is 0 Å². The van der Waals surface area contributed by atoms with Crippen LogP contribution >= 0.6 is 11.5 Å². The number of nitrogen functional groups attached to an aromatic ring is 1. The zero-order valence-electron chi connectivity index (χ0n) is 11.3. The lowest BCUT2D eigenvalue weighted by Crippen LogP contribution is -2.48. The Morgan fingerprint density at radius 1 is 1.33 bits per heavy atom. The van der Waals surface area contributed by atoms with Crippen molar-refractivity contribution in [3.05, 3.63) is 0 Å². The van der Waals surface area contributed by atoms with Gasteiger partial charge in [0.2, 0.25) is 0 Å². The van der Waals surface area contributed by atoms with Crippen molar-refractivity contribution in [1.82, 2.24) is 9.27 Å². The molecule has 18 heavy (non-hydrogen) atoms. The van der Waals surface area contributed by atoms with Gasteiger partial charge in [-0.1, -0.05) is 0 Å². The summed E-state index contributed by atoms with van der Waals surface area (Å²) in [5.74, 6) is 1.28. The van der Waals surface area contributed by atoms with E-state index in [2.05, 4.69) is 28.0 Å². The summed E-state index contributed by atoms with van der Waals surface area (Å²) in [7, 11) is 0. The van der Waals surface area contributed by atoms with Crippen LogP contribution in [0.2, 0.25) is 0 Å². The molecule has 0 unspecified atom stereocenters. The van der Waals surface area contributed by atoms with Gasteiger partial charge in [0.1, 0.15) is 0 Å². The predicted octanol–water partition coefficient (Wildman–Crippen LogP) is 1.65. The standard InChI is InChI=1S/C12H22N4OS/c1-4-17-10-11(13)14-18-12(10)16-7-5-15(6-8-16)9(2)3/h9H,4-8H2,1-3H3,(H2,13,14). The second-order valence-corrected chi connectivity index (χ2v) is 5.50. The molecule has 0 atom stereocenters. The highest BCUT2D eigenvalue weighted by molar-refractivity contribution is 7.11. The SMILES string of the molecule is CCOc1c(N)nsc1N1CCN(C(C)C)CC1.